The van der Waals surface area contributed by atoms with Gasteiger partial charge in [-0.3, -0.25) is 9.63 Å². The summed E-state index contributed by atoms with van der Waals surface area (Å²) in [5.41, 5.74) is 2.24. The molecule has 0 saturated carbocycles. The maximum Gasteiger partial charge on any atom is 0.332 e. The summed E-state index contributed by atoms with van der Waals surface area (Å²) in [7, 11) is 0. The van der Waals surface area contributed by atoms with E-state index in [0.717, 1.165) is 0 Å². The zero-order valence-corrected chi connectivity index (χ0v) is 8.29. The van der Waals surface area contributed by atoms with Gasteiger partial charge in [-0.1, -0.05) is 30.3 Å². The van der Waals surface area contributed by atoms with Gasteiger partial charge in [-0.05, 0) is 5.56 Å². The average molecular weight is 225 g/mol. The van der Waals surface area contributed by atoms with Crippen molar-refractivity contribution in [3.05, 3.63) is 35.9 Å². The van der Waals surface area contributed by atoms with Crippen molar-refractivity contribution in [2.45, 2.75) is 6.10 Å². The van der Waals surface area contributed by atoms with Crippen molar-refractivity contribution in [2.75, 3.05) is 6.61 Å². The van der Waals surface area contributed by atoms with E-state index in [4.69, 9.17) is 5.11 Å². The van der Waals surface area contributed by atoms with Gasteiger partial charge in [0.15, 0.2) is 12.7 Å². The fraction of sp³-hybridized carbons (Fsp3) is 0.200. The monoisotopic (exact) mass is 225 g/mol. The molecule has 1 unspecified atom stereocenters. The minimum absolute atomic E-state index is 0.402. The van der Waals surface area contributed by atoms with Gasteiger partial charge in [0.05, 0.1) is 0 Å². The number of aliphatic hydroxyl groups is 1. The van der Waals surface area contributed by atoms with Gasteiger partial charge in [0.1, 0.15) is 0 Å². The lowest BCUT2D eigenvalue weighted by Gasteiger charge is -2.10. The lowest BCUT2D eigenvalue weighted by Crippen LogP contribution is -2.31. The number of carbonyl (C=O) groups excluding carboxylic acids is 1. The largest absolute Gasteiger partial charge is 0.479 e. The lowest BCUT2D eigenvalue weighted by molar-refractivity contribution is -0.152. The Bertz CT molecular complexity index is 365. The minimum atomic E-state index is -1.38. The number of aliphatic carboxylic acids is 1. The molecule has 1 amide bonds. The zero-order chi connectivity index (χ0) is 12.0. The standard InChI is InChI=1S/C10H11NO5/c12-8(13)6-16-11-10(15)9(14)7-4-2-1-3-5-7/h1-5,9,14H,6H2,(H,11,15)(H,12,13). The molecule has 0 aliphatic carbocycles. The Morgan fingerprint density at radius 2 is 1.94 bits per heavy atom. The molecule has 0 aromatic heterocycles. The number of hydroxylamine groups is 1. The highest BCUT2D eigenvalue weighted by Crippen LogP contribution is 2.11. The Labute approximate surface area is 91.4 Å². The van der Waals surface area contributed by atoms with Crippen LogP contribution < -0.4 is 5.48 Å². The molecule has 1 atom stereocenters. The Morgan fingerprint density at radius 1 is 1.31 bits per heavy atom. The van der Waals surface area contributed by atoms with E-state index in [-0.39, 0.29) is 0 Å². The molecular weight excluding hydrogens is 214 g/mol. The summed E-state index contributed by atoms with van der Waals surface area (Å²) in [4.78, 5) is 25.7. The molecule has 1 aromatic rings. The second-order valence-corrected chi connectivity index (χ2v) is 2.96. The molecule has 0 saturated heterocycles. The SMILES string of the molecule is O=C(O)CONC(=O)C(O)c1ccccc1. The molecule has 0 heterocycles. The summed E-state index contributed by atoms with van der Waals surface area (Å²) in [6.45, 7) is -0.659. The van der Waals surface area contributed by atoms with Crippen LogP contribution in [0.5, 0.6) is 0 Å². The zero-order valence-electron chi connectivity index (χ0n) is 8.29. The van der Waals surface area contributed by atoms with Gasteiger partial charge in [0, 0.05) is 0 Å². The van der Waals surface area contributed by atoms with Crippen molar-refractivity contribution in [3.8, 4) is 0 Å². The number of hydrogen-bond acceptors (Lipinski definition) is 4. The quantitative estimate of drug-likeness (QED) is 0.606. The normalized spacial score (nSPS) is 11.8. The van der Waals surface area contributed by atoms with Crippen molar-refractivity contribution in [3.63, 3.8) is 0 Å². The van der Waals surface area contributed by atoms with Crippen LogP contribution in [0, 0.1) is 0 Å². The summed E-state index contributed by atoms with van der Waals surface area (Å²) >= 11 is 0. The molecule has 0 aliphatic rings. The summed E-state index contributed by atoms with van der Waals surface area (Å²) in [6, 6.07) is 8.23. The predicted molar refractivity (Wildman–Crippen MR) is 53.1 cm³/mol. The number of carboxylic acids is 1. The third-order valence-corrected chi connectivity index (χ3v) is 1.73. The van der Waals surface area contributed by atoms with Crippen molar-refractivity contribution < 1.29 is 24.6 Å². The predicted octanol–water partition coefficient (Wildman–Crippen LogP) is -0.148. The van der Waals surface area contributed by atoms with Crippen LogP contribution in [-0.2, 0) is 14.4 Å². The van der Waals surface area contributed by atoms with Crippen LogP contribution in [0.25, 0.3) is 0 Å². The van der Waals surface area contributed by atoms with Gasteiger partial charge in [0.25, 0.3) is 5.91 Å². The Kier molecular flexibility index (Phi) is 4.43. The van der Waals surface area contributed by atoms with E-state index in [1.807, 2.05) is 5.48 Å². The molecule has 0 aliphatic heterocycles. The van der Waals surface area contributed by atoms with Crippen molar-refractivity contribution in [2.24, 2.45) is 0 Å². The van der Waals surface area contributed by atoms with Crippen LogP contribution in [0.1, 0.15) is 11.7 Å². The second-order valence-electron chi connectivity index (χ2n) is 2.96. The molecule has 0 bridgehead atoms. The molecule has 0 spiro atoms. The van der Waals surface area contributed by atoms with Gasteiger partial charge in [-0.15, -0.1) is 0 Å². The summed E-state index contributed by atoms with van der Waals surface area (Å²) < 4.78 is 0. The van der Waals surface area contributed by atoms with Gasteiger partial charge < -0.3 is 10.2 Å². The van der Waals surface area contributed by atoms with Crippen LogP contribution in [0.2, 0.25) is 0 Å². The number of hydrogen-bond donors (Lipinski definition) is 3. The summed E-state index contributed by atoms with van der Waals surface area (Å²) in [6.07, 6.45) is -1.38. The van der Waals surface area contributed by atoms with E-state index in [2.05, 4.69) is 4.84 Å². The van der Waals surface area contributed by atoms with Crippen LogP contribution >= 0.6 is 0 Å². The van der Waals surface area contributed by atoms with E-state index in [9.17, 15) is 14.7 Å². The van der Waals surface area contributed by atoms with Crippen molar-refractivity contribution in [1.82, 2.24) is 5.48 Å². The van der Waals surface area contributed by atoms with Crippen molar-refractivity contribution >= 4 is 11.9 Å². The molecule has 86 valence electrons. The Morgan fingerprint density at radius 3 is 2.50 bits per heavy atom. The molecule has 1 aromatic carbocycles. The Balaban J connectivity index is 2.45. The highest BCUT2D eigenvalue weighted by molar-refractivity contribution is 5.81. The van der Waals surface area contributed by atoms with Gasteiger partial charge in [-0.25, -0.2) is 10.3 Å². The third-order valence-electron chi connectivity index (χ3n) is 1.73. The maximum absolute atomic E-state index is 11.2. The second kappa shape index (κ2) is 5.84. The highest BCUT2D eigenvalue weighted by Gasteiger charge is 2.17. The molecular formula is C10H11NO5. The first-order valence-corrected chi connectivity index (χ1v) is 4.47. The molecule has 1 rings (SSSR count). The number of amides is 1. The molecule has 16 heavy (non-hydrogen) atoms. The molecule has 3 N–H and O–H groups in total. The number of rotatable bonds is 5. The fourth-order valence-corrected chi connectivity index (χ4v) is 1.01. The van der Waals surface area contributed by atoms with Crippen LogP contribution in [0.3, 0.4) is 0 Å². The first-order valence-electron chi connectivity index (χ1n) is 4.47. The lowest BCUT2D eigenvalue weighted by atomic mass is 10.1. The first-order chi connectivity index (χ1) is 7.61. The van der Waals surface area contributed by atoms with E-state index in [1.165, 1.54) is 0 Å². The van der Waals surface area contributed by atoms with Crippen LogP contribution in [0.4, 0.5) is 0 Å². The number of aliphatic hydroxyl groups excluding tert-OH is 1. The number of carboxylic acid groups (broad SMARTS) is 1. The van der Waals surface area contributed by atoms with Crippen LogP contribution in [0.15, 0.2) is 30.3 Å². The van der Waals surface area contributed by atoms with E-state index in [0.29, 0.717) is 5.56 Å². The Hall–Kier alpha value is -1.92. The summed E-state index contributed by atoms with van der Waals surface area (Å²) in [5.74, 6) is -2.03. The number of nitrogens with one attached hydrogen (secondary N) is 1. The summed E-state index contributed by atoms with van der Waals surface area (Å²) in [5, 5.41) is 17.8. The van der Waals surface area contributed by atoms with Gasteiger partial charge >= 0.3 is 5.97 Å². The average Bonchev–Trinajstić information content (AvgIpc) is 2.28. The molecule has 0 fully saturated rings. The van der Waals surface area contributed by atoms with Gasteiger partial charge in [-0.2, -0.15) is 0 Å². The molecule has 6 nitrogen and oxygen atoms in total. The molecule has 0 radical (unpaired) electrons. The topological polar surface area (TPSA) is 95.9 Å². The highest BCUT2D eigenvalue weighted by atomic mass is 16.7. The maximum atomic E-state index is 11.2. The molecule has 6 heteroatoms. The van der Waals surface area contributed by atoms with E-state index >= 15 is 0 Å². The van der Waals surface area contributed by atoms with E-state index in [1.54, 1.807) is 30.3 Å². The van der Waals surface area contributed by atoms with Gasteiger partial charge in [0.2, 0.25) is 0 Å². The van der Waals surface area contributed by atoms with Crippen molar-refractivity contribution in [1.29, 1.82) is 0 Å². The van der Waals surface area contributed by atoms with E-state index < -0.39 is 24.6 Å². The number of carbonyl (C=O) groups is 2. The fourth-order valence-electron chi connectivity index (χ4n) is 1.01. The first kappa shape index (κ1) is 12.2. The number of benzene rings is 1. The third kappa shape index (κ3) is 3.68. The minimum Gasteiger partial charge on any atom is -0.479 e. The van der Waals surface area contributed by atoms with Crippen LogP contribution in [-0.4, -0.2) is 28.7 Å². The smallest absolute Gasteiger partial charge is 0.332 e.